The number of nitrogens with one attached hydrogen (secondary N) is 1. The van der Waals surface area contributed by atoms with Crippen molar-refractivity contribution < 1.29 is 8.78 Å². The lowest BCUT2D eigenvalue weighted by Crippen LogP contribution is -2.13. The van der Waals surface area contributed by atoms with Crippen molar-refractivity contribution in [2.75, 3.05) is 11.9 Å². The van der Waals surface area contributed by atoms with E-state index in [1.165, 1.54) is 23.5 Å². The molecule has 0 aliphatic carbocycles. The Hall–Kier alpha value is -4.23. The number of fused-ring (bicyclic) bond motifs is 1. The van der Waals surface area contributed by atoms with Crippen LogP contribution in [-0.4, -0.2) is 31.5 Å². The molecule has 3 aromatic heterocycles. The van der Waals surface area contributed by atoms with Crippen molar-refractivity contribution in [3.8, 4) is 21.7 Å². The monoisotopic (exact) mass is 501 g/mol. The van der Waals surface area contributed by atoms with Gasteiger partial charge in [0, 0.05) is 42.4 Å². The van der Waals surface area contributed by atoms with Crippen LogP contribution in [-0.2, 0) is 12.1 Å². The average molecular weight is 502 g/mol. The van der Waals surface area contributed by atoms with Crippen molar-refractivity contribution in [3.63, 3.8) is 0 Å². The third kappa shape index (κ3) is 4.53. The van der Waals surface area contributed by atoms with Gasteiger partial charge in [0.2, 0.25) is 5.95 Å². The van der Waals surface area contributed by atoms with Gasteiger partial charge in [0.25, 0.3) is 5.54 Å². The molecule has 0 amide bonds. The molecule has 0 atom stereocenters. The molecule has 3 heterocycles. The molecule has 7 nitrogen and oxygen atoms in total. The molecule has 0 saturated carbocycles. The van der Waals surface area contributed by atoms with Crippen LogP contribution >= 0.6 is 11.3 Å². The molecule has 5 aromatic rings. The number of rotatable bonds is 7. The van der Waals surface area contributed by atoms with Crippen molar-refractivity contribution in [2.45, 2.75) is 25.9 Å². The van der Waals surface area contributed by atoms with Crippen LogP contribution in [0.4, 0.5) is 14.7 Å². The summed E-state index contributed by atoms with van der Waals surface area (Å²) < 4.78 is 31.7. The van der Waals surface area contributed by atoms with Crippen molar-refractivity contribution >= 4 is 27.4 Å². The first-order valence-electron chi connectivity index (χ1n) is 11.2. The second-order valence-electron chi connectivity index (χ2n) is 8.68. The molecule has 0 aliphatic heterocycles. The lowest BCUT2D eigenvalue weighted by atomic mass is 9.87. The molecule has 0 fully saturated rings. The normalized spacial score (nSPS) is 11.5. The SMILES string of the molecule is [C-]#[N+]C(C)(C)c1ccc(F)cc1-c1cccc2cc(-c3nc(NCCn4ccnn4)ncc3F)sc12. The second kappa shape index (κ2) is 9.43. The van der Waals surface area contributed by atoms with Crippen LogP contribution < -0.4 is 5.32 Å². The fourth-order valence-electron chi connectivity index (χ4n) is 3.98. The second-order valence-corrected chi connectivity index (χ2v) is 9.73. The summed E-state index contributed by atoms with van der Waals surface area (Å²) in [5.74, 6) is -0.618. The zero-order valence-corrected chi connectivity index (χ0v) is 20.4. The van der Waals surface area contributed by atoms with E-state index in [0.29, 0.717) is 29.5 Å². The van der Waals surface area contributed by atoms with Crippen LogP contribution in [0, 0.1) is 18.2 Å². The Bertz CT molecular complexity index is 1590. The largest absolute Gasteiger partial charge is 0.352 e. The molecule has 10 heteroatoms. The predicted octanol–water partition coefficient (Wildman–Crippen LogP) is 6.16. The van der Waals surface area contributed by atoms with Crippen LogP contribution in [0.5, 0.6) is 0 Å². The van der Waals surface area contributed by atoms with E-state index in [4.69, 9.17) is 6.57 Å². The zero-order valence-electron chi connectivity index (χ0n) is 19.5. The maximum Gasteiger partial charge on any atom is 0.252 e. The minimum Gasteiger partial charge on any atom is -0.352 e. The first kappa shape index (κ1) is 23.5. The van der Waals surface area contributed by atoms with Gasteiger partial charge in [-0.25, -0.2) is 25.3 Å². The van der Waals surface area contributed by atoms with Gasteiger partial charge in [-0.3, -0.25) is 4.68 Å². The van der Waals surface area contributed by atoms with E-state index in [1.54, 1.807) is 23.1 Å². The first-order chi connectivity index (χ1) is 17.4. The van der Waals surface area contributed by atoms with Gasteiger partial charge in [0.05, 0.1) is 23.8 Å². The lowest BCUT2D eigenvalue weighted by Gasteiger charge is -2.17. The van der Waals surface area contributed by atoms with Gasteiger partial charge in [-0.1, -0.05) is 23.4 Å². The fourth-order valence-corrected chi connectivity index (χ4v) is 5.16. The number of benzene rings is 2. The van der Waals surface area contributed by atoms with Crippen molar-refractivity contribution in [1.82, 2.24) is 25.0 Å². The average Bonchev–Trinajstić information content (AvgIpc) is 3.54. The minimum atomic E-state index is -0.836. The molecule has 0 saturated heterocycles. The van der Waals surface area contributed by atoms with Gasteiger partial charge < -0.3 is 10.2 Å². The molecule has 1 N–H and O–H groups in total. The number of hydrogen-bond donors (Lipinski definition) is 1. The van der Waals surface area contributed by atoms with Crippen LogP contribution in [0.15, 0.2) is 61.1 Å². The predicted molar refractivity (Wildman–Crippen MR) is 136 cm³/mol. The summed E-state index contributed by atoms with van der Waals surface area (Å²) in [5, 5.41) is 11.6. The Labute approximate surface area is 210 Å². The van der Waals surface area contributed by atoms with Gasteiger partial charge in [0.1, 0.15) is 11.5 Å². The Morgan fingerprint density at radius 3 is 2.78 bits per heavy atom. The summed E-state index contributed by atoms with van der Waals surface area (Å²) in [6, 6.07) is 12.1. The maximum atomic E-state index is 14.8. The molecule has 0 unspecified atom stereocenters. The van der Waals surface area contributed by atoms with Gasteiger partial charge in [0.15, 0.2) is 5.82 Å². The van der Waals surface area contributed by atoms with Gasteiger partial charge in [-0.2, -0.15) is 0 Å². The van der Waals surface area contributed by atoms with Crippen molar-refractivity contribution in [1.29, 1.82) is 0 Å². The lowest BCUT2D eigenvalue weighted by molar-refractivity contribution is 0.604. The summed E-state index contributed by atoms with van der Waals surface area (Å²) in [6.07, 6.45) is 4.49. The van der Waals surface area contributed by atoms with E-state index >= 15 is 0 Å². The number of thiophene rings is 1. The Morgan fingerprint density at radius 2 is 2.00 bits per heavy atom. The maximum absolute atomic E-state index is 14.8. The third-order valence-electron chi connectivity index (χ3n) is 5.83. The van der Waals surface area contributed by atoms with Crippen LogP contribution in [0.25, 0.3) is 36.6 Å². The zero-order chi connectivity index (χ0) is 25.3. The van der Waals surface area contributed by atoms with E-state index < -0.39 is 11.4 Å². The molecular weight excluding hydrogens is 480 g/mol. The van der Waals surface area contributed by atoms with Gasteiger partial charge >= 0.3 is 0 Å². The summed E-state index contributed by atoms with van der Waals surface area (Å²) in [4.78, 5) is 12.8. The molecule has 0 radical (unpaired) electrons. The van der Waals surface area contributed by atoms with E-state index in [0.717, 1.165) is 27.4 Å². The third-order valence-corrected chi connectivity index (χ3v) is 7.02. The number of hydrogen-bond acceptors (Lipinski definition) is 6. The first-order valence-corrected chi connectivity index (χ1v) is 12.0. The van der Waals surface area contributed by atoms with Crippen LogP contribution in [0.3, 0.4) is 0 Å². The molecule has 0 spiro atoms. The molecule has 2 aromatic carbocycles. The molecule has 5 rings (SSSR count). The van der Waals surface area contributed by atoms with Crippen LogP contribution in [0.2, 0.25) is 0 Å². The highest BCUT2D eigenvalue weighted by Gasteiger charge is 2.30. The van der Waals surface area contributed by atoms with Crippen molar-refractivity contribution in [3.05, 3.63) is 89.7 Å². The number of anilines is 1. The standard InChI is InChI=1S/C26H21F2N7S/c1-26(2,29-3)20-8-7-17(27)14-19(20)18-6-4-5-16-13-22(36-24(16)18)23-21(28)15-31-25(33-23)30-9-11-35-12-10-32-34-35/h4-8,10,12-15H,9,11H2,1-2H3,(H,30,31,33). The Kier molecular flexibility index (Phi) is 6.16. The smallest absolute Gasteiger partial charge is 0.252 e. The summed E-state index contributed by atoms with van der Waals surface area (Å²) in [6.45, 7) is 12.3. The molecule has 0 bridgehead atoms. The molecule has 0 aliphatic rings. The highest BCUT2D eigenvalue weighted by molar-refractivity contribution is 7.22. The highest BCUT2D eigenvalue weighted by atomic mass is 32.1. The van der Waals surface area contributed by atoms with E-state index in [-0.39, 0.29) is 11.5 Å². The topological polar surface area (TPSA) is 72.9 Å². The molecule has 36 heavy (non-hydrogen) atoms. The number of aromatic nitrogens is 5. The quantitative estimate of drug-likeness (QED) is 0.270. The number of halogens is 2. The molecular formula is C26H21F2N7S. The Balaban J connectivity index is 1.54. The van der Waals surface area contributed by atoms with E-state index in [1.807, 2.05) is 38.1 Å². The van der Waals surface area contributed by atoms with E-state index in [9.17, 15) is 8.78 Å². The summed E-state index contributed by atoms with van der Waals surface area (Å²) in [7, 11) is 0. The summed E-state index contributed by atoms with van der Waals surface area (Å²) in [5.41, 5.74) is 1.51. The molecule has 180 valence electrons. The van der Waals surface area contributed by atoms with E-state index in [2.05, 4.69) is 30.4 Å². The highest BCUT2D eigenvalue weighted by Crippen LogP contribution is 2.43. The fraction of sp³-hybridized carbons (Fsp3) is 0.192. The van der Waals surface area contributed by atoms with Crippen molar-refractivity contribution in [2.24, 2.45) is 0 Å². The minimum absolute atomic E-state index is 0.182. The number of nitrogens with zero attached hydrogens (tertiary/aromatic N) is 6. The Morgan fingerprint density at radius 1 is 1.14 bits per heavy atom. The van der Waals surface area contributed by atoms with Gasteiger partial charge in [-0.05, 0) is 35.2 Å². The van der Waals surface area contributed by atoms with Gasteiger partial charge in [-0.15, -0.1) is 16.4 Å². The van der Waals surface area contributed by atoms with Crippen LogP contribution in [0.1, 0.15) is 19.4 Å². The summed E-state index contributed by atoms with van der Waals surface area (Å²) >= 11 is 1.37.